The Hall–Kier alpha value is -1.92. The van der Waals surface area contributed by atoms with Gasteiger partial charge >= 0.3 is 0 Å². The molecule has 0 aliphatic carbocycles. The molecule has 1 aromatic carbocycles. The Morgan fingerprint density at radius 3 is 2.23 bits per heavy atom. The first-order valence-electron chi connectivity index (χ1n) is 8.74. The average molecular weight is 377 g/mol. The van der Waals surface area contributed by atoms with Gasteiger partial charge in [0, 0.05) is 24.3 Å². The summed E-state index contributed by atoms with van der Waals surface area (Å²) in [5.41, 5.74) is 3.32. The number of hydrogen-bond acceptors (Lipinski definition) is 4. The van der Waals surface area contributed by atoms with Crippen LogP contribution < -0.4 is 10.9 Å². The fourth-order valence-electron chi connectivity index (χ4n) is 2.80. The summed E-state index contributed by atoms with van der Waals surface area (Å²) in [5.74, 6) is -0.00925. The first-order valence-corrected chi connectivity index (χ1v) is 10.4. The Balaban J connectivity index is 1.98. The van der Waals surface area contributed by atoms with Gasteiger partial charge in [-0.1, -0.05) is 32.9 Å². The number of sulfone groups is 1. The van der Waals surface area contributed by atoms with Crippen molar-refractivity contribution in [2.45, 2.75) is 51.5 Å². The normalized spacial score (nSPS) is 12.3. The van der Waals surface area contributed by atoms with Gasteiger partial charge in [-0.05, 0) is 48.6 Å². The first-order chi connectivity index (χ1) is 12.0. The number of hydrogen-bond donors (Lipinski definition) is 2. The van der Waals surface area contributed by atoms with Crippen LogP contribution in [-0.4, -0.2) is 25.7 Å². The second-order valence-electron chi connectivity index (χ2n) is 7.71. The Bertz CT molecular complexity index is 921. The first kappa shape index (κ1) is 20.4. The molecule has 0 aliphatic heterocycles. The van der Waals surface area contributed by atoms with Gasteiger partial charge in [0.1, 0.15) is 0 Å². The molecule has 0 saturated heterocycles. The van der Waals surface area contributed by atoms with E-state index in [0.29, 0.717) is 17.0 Å². The fourth-order valence-corrected chi connectivity index (χ4v) is 4.00. The predicted octanol–water partition coefficient (Wildman–Crippen LogP) is 2.85. The molecule has 2 aromatic rings. The van der Waals surface area contributed by atoms with Crippen molar-refractivity contribution >= 4 is 9.84 Å². The smallest absolute Gasteiger partial charge is 0.252 e. The number of aromatic amines is 1. The fraction of sp³-hybridized carbons (Fsp3) is 0.450. The molecule has 0 unspecified atom stereocenters. The van der Waals surface area contributed by atoms with Crippen molar-refractivity contribution < 1.29 is 8.42 Å². The van der Waals surface area contributed by atoms with Crippen LogP contribution in [0.5, 0.6) is 0 Å². The van der Waals surface area contributed by atoms with Crippen molar-refractivity contribution in [3.63, 3.8) is 0 Å². The minimum Gasteiger partial charge on any atom is -0.326 e. The molecule has 26 heavy (non-hydrogen) atoms. The molecule has 5 nitrogen and oxygen atoms in total. The molecule has 0 bridgehead atoms. The highest BCUT2D eigenvalue weighted by atomic mass is 32.2. The lowest BCUT2D eigenvalue weighted by molar-refractivity contribution is 0.584. The molecule has 2 N–H and O–H groups in total. The standard InChI is InChI=1S/C20H28N2O3S/c1-14-12-15(2)22-19(23)18(14)13-21-10-11-26(24,25)17-8-6-16(7-9-17)20(3,4)5/h6-9,12,21H,10-11,13H2,1-5H3,(H,22,23). The molecule has 1 heterocycles. The molecule has 142 valence electrons. The van der Waals surface area contributed by atoms with Crippen molar-refractivity contribution in [3.05, 3.63) is 63.1 Å². The van der Waals surface area contributed by atoms with Crippen LogP contribution in [0.25, 0.3) is 0 Å². The molecule has 0 saturated carbocycles. The minimum atomic E-state index is -3.35. The average Bonchev–Trinajstić information content (AvgIpc) is 2.52. The summed E-state index contributed by atoms with van der Waals surface area (Å²) in [6.45, 7) is 10.6. The van der Waals surface area contributed by atoms with Crippen molar-refractivity contribution in [1.29, 1.82) is 0 Å². The zero-order valence-corrected chi connectivity index (χ0v) is 17.0. The third-order valence-corrected chi connectivity index (χ3v) is 6.15. The Morgan fingerprint density at radius 2 is 1.69 bits per heavy atom. The molecular weight excluding hydrogens is 348 g/mol. The largest absolute Gasteiger partial charge is 0.326 e. The summed E-state index contributed by atoms with van der Waals surface area (Å²) in [5, 5.41) is 3.07. The van der Waals surface area contributed by atoms with Crippen LogP contribution in [0, 0.1) is 13.8 Å². The van der Waals surface area contributed by atoms with Crippen molar-refractivity contribution in [3.8, 4) is 0 Å². The summed E-state index contributed by atoms with van der Waals surface area (Å²) >= 11 is 0. The van der Waals surface area contributed by atoms with E-state index >= 15 is 0 Å². The van der Waals surface area contributed by atoms with Crippen molar-refractivity contribution in [1.82, 2.24) is 10.3 Å². The monoisotopic (exact) mass is 376 g/mol. The zero-order valence-electron chi connectivity index (χ0n) is 16.1. The molecule has 2 rings (SSSR count). The number of rotatable bonds is 6. The van der Waals surface area contributed by atoms with Gasteiger partial charge in [0.05, 0.1) is 10.6 Å². The number of benzene rings is 1. The van der Waals surface area contributed by atoms with Crippen LogP contribution >= 0.6 is 0 Å². The van der Waals surface area contributed by atoms with Crippen molar-refractivity contribution in [2.24, 2.45) is 0 Å². The van der Waals surface area contributed by atoms with Crippen LogP contribution in [0.4, 0.5) is 0 Å². The maximum absolute atomic E-state index is 12.5. The molecule has 0 fully saturated rings. The Morgan fingerprint density at radius 1 is 1.08 bits per heavy atom. The van der Waals surface area contributed by atoms with E-state index in [2.05, 4.69) is 31.1 Å². The lowest BCUT2D eigenvalue weighted by Crippen LogP contribution is -2.27. The van der Waals surface area contributed by atoms with Gasteiger partial charge in [0.15, 0.2) is 9.84 Å². The molecule has 6 heteroatoms. The highest BCUT2D eigenvalue weighted by molar-refractivity contribution is 7.91. The maximum atomic E-state index is 12.5. The number of H-pyrrole nitrogens is 1. The summed E-state index contributed by atoms with van der Waals surface area (Å²) in [6.07, 6.45) is 0. The van der Waals surface area contributed by atoms with Gasteiger partial charge in [0.2, 0.25) is 0 Å². The van der Waals surface area contributed by atoms with Gasteiger partial charge in [0.25, 0.3) is 5.56 Å². The van der Waals surface area contributed by atoms with Crippen molar-refractivity contribution in [2.75, 3.05) is 12.3 Å². The van der Waals surface area contributed by atoms with Crippen LogP contribution in [0.1, 0.15) is 43.2 Å². The number of aromatic nitrogens is 1. The predicted molar refractivity (Wildman–Crippen MR) is 105 cm³/mol. The minimum absolute atomic E-state index is 0.00925. The van der Waals surface area contributed by atoms with E-state index in [1.165, 1.54) is 0 Å². The number of aryl methyl sites for hydroxylation is 2. The molecule has 0 spiro atoms. The van der Waals surface area contributed by atoms with E-state index in [0.717, 1.165) is 16.8 Å². The quantitative estimate of drug-likeness (QED) is 0.760. The van der Waals surface area contributed by atoms with E-state index in [1.54, 1.807) is 12.1 Å². The zero-order chi connectivity index (χ0) is 19.5. The van der Waals surface area contributed by atoms with Gasteiger partial charge in [-0.3, -0.25) is 4.79 Å². The van der Waals surface area contributed by atoms with Gasteiger partial charge in [-0.15, -0.1) is 0 Å². The second-order valence-corrected chi connectivity index (χ2v) is 9.82. The van der Waals surface area contributed by atoms with E-state index in [9.17, 15) is 13.2 Å². The van der Waals surface area contributed by atoms with Crippen LogP contribution in [0.3, 0.4) is 0 Å². The Labute approximate surface area is 155 Å². The highest BCUT2D eigenvalue weighted by Gasteiger charge is 2.17. The van der Waals surface area contributed by atoms with Crippen LogP contribution in [-0.2, 0) is 21.8 Å². The summed E-state index contributed by atoms with van der Waals surface area (Å²) < 4.78 is 25.0. The van der Waals surface area contributed by atoms with E-state index in [1.807, 2.05) is 32.0 Å². The lowest BCUT2D eigenvalue weighted by Gasteiger charge is -2.19. The topological polar surface area (TPSA) is 79.0 Å². The van der Waals surface area contributed by atoms with Gasteiger partial charge in [-0.25, -0.2) is 8.42 Å². The SMILES string of the molecule is Cc1cc(C)c(CNCCS(=O)(=O)c2ccc(C(C)(C)C)cc2)c(=O)[nH]1. The molecular formula is C20H28N2O3S. The lowest BCUT2D eigenvalue weighted by atomic mass is 9.87. The molecule has 1 aromatic heterocycles. The summed E-state index contributed by atoms with van der Waals surface area (Å²) in [7, 11) is -3.35. The molecule has 0 atom stereocenters. The maximum Gasteiger partial charge on any atom is 0.252 e. The van der Waals surface area contributed by atoms with Gasteiger partial charge < -0.3 is 10.3 Å². The van der Waals surface area contributed by atoms with Gasteiger partial charge in [-0.2, -0.15) is 0 Å². The number of nitrogens with one attached hydrogen (secondary N) is 2. The van der Waals surface area contributed by atoms with Crippen LogP contribution in [0.2, 0.25) is 0 Å². The Kier molecular flexibility index (Phi) is 6.09. The van der Waals surface area contributed by atoms with Crippen LogP contribution in [0.15, 0.2) is 40.0 Å². The highest BCUT2D eigenvalue weighted by Crippen LogP contribution is 2.23. The van der Waals surface area contributed by atoms with E-state index in [-0.39, 0.29) is 23.3 Å². The molecule has 0 aliphatic rings. The third-order valence-electron chi connectivity index (χ3n) is 4.42. The van der Waals surface area contributed by atoms with E-state index < -0.39 is 9.84 Å². The second kappa shape index (κ2) is 7.76. The molecule has 0 radical (unpaired) electrons. The van der Waals surface area contributed by atoms with E-state index in [4.69, 9.17) is 0 Å². The summed E-state index contributed by atoms with van der Waals surface area (Å²) in [6, 6.07) is 8.99. The third kappa shape index (κ3) is 5.05. The summed E-state index contributed by atoms with van der Waals surface area (Å²) in [4.78, 5) is 15.1. The molecule has 0 amide bonds. The number of pyridine rings is 1.